The van der Waals surface area contributed by atoms with E-state index in [-0.39, 0.29) is 5.91 Å². The third-order valence-electron chi connectivity index (χ3n) is 2.96. The first-order valence-electron chi connectivity index (χ1n) is 6.12. The summed E-state index contributed by atoms with van der Waals surface area (Å²) in [6.07, 6.45) is 8.97. The Bertz CT molecular complexity index is 333. The van der Waals surface area contributed by atoms with Gasteiger partial charge < -0.3 is 5.32 Å². The number of nitrogens with zero attached hydrogens (tertiary/aromatic N) is 2. The Morgan fingerprint density at radius 3 is 2.82 bits per heavy atom. The molecule has 0 aromatic carbocycles. The highest BCUT2D eigenvalue weighted by molar-refractivity contribution is 7.99. The zero-order valence-corrected chi connectivity index (χ0v) is 10.6. The Balaban J connectivity index is 1.69. The van der Waals surface area contributed by atoms with Crippen molar-refractivity contribution in [1.82, 2.24) is 20.7 Å². The fourth-order valence-corrected chi connectivity index (χ4v) is 2.69. The van der Waals surface area contributed by atoms with Crippen molar-refractivity contribution in [3.63, 3.8) is 0 Å². The highest BCUT2D eigenvalue weighted by atomic mass is 32.2. The van der Waals surface area contributed by atoms with Crippen LogP contribution in [0.15, 0.2) is 11.2 Å². The molecule has 1 saturated carbocycles. The van der Waals surface area contributed by atoms with Gasteiger partial charge in [0.2, 0.25) is 5.91 Å². The van der Waals surface area contributed by atoms with Crippen molar-refractivity contribution in [3.8, 4) is 0 Å². The minimum absolute atomic E-state index is 0.102. The Morgan fingerprint density at radius 1 is 1.41 bits per heavy atom. The normalized spacial score (nSPS) is 17.6. The highest BCUT2D eigenvalue weighted by Crippen LogP contribution is 2.18. The third-order valence-corrected chi connectivity index (χ3v) is 3.86. The lowest BCUT2D eigenvalue weighted by Crippen LogP contribution is -2.35. The summed E-state index contributed by atoms with van der Waals surface area (Å²) in [5.41, 5.74) is 0. The fourth-order valence-electron chi connectivity index (χ4n) is 2.09. The van der Waals surface area contributed by atoms with Gasteiger partial charge in [-0.05, 0) is 12.8 Å². The number of carbonyl (C=O) groups is 1. The Hall–Kier alpha value is -1.04. The third kappa shape index (κ3) is 4.38. The largest absolute Gasteiger partial charge is 0.353 e. The van der Waals surface area contributed by atoms with Crippen molar-refractivity contribution in [1.29, 1.82) is 0 Å². The maximum absolute atomic E-state index is 11.7. The van der Waals surface area contributed by atoms with Crippen LogP contribution in [0.25, 0.3) is 0 Å². The number of hydrogen-bond acceptors (Lipinski definition) is 4. The van der Waals surface area contributed by atoms with Crippen molar-refractivity contribution in [2.75, 3.05) is 5.75 Å². The van der Waals surface area contributed by atoms with Gasteiger partial charge in [0.25, 0.3) is 0 Å². The molecular formula is C11H18N4OS. The summed E-state index contributed by atoms with van der Waals surface area (Å²) in [4.78, 5) is 11.7. The van der Waals surface area contributed by atoms with Crippen LogP contribution in [0.4, 0.5) is 0 Å². The number of aromatic nitrogens is 3. The molecular weight excluding hydrogens is 236 g/mol. The molecule has 2 rings (SSSR count). The number of aromatic amines is 1. The predicted octanol–water partition coefficient (Wildman–Crippen LogP) is 1.74. The summed E-state index contributed by atoms with van der Waals surface area (Å²) >= 11 is 1.41. The maximum Gasteiger partial charge on any atom is 0.230 e. The second-order valence-electron chi connectivity index (χ2n) is 4.35. The summed E-state index contributed by atoms with van der Waals surface area (Å²) in [5, 5.41) is 14.0. The van der Waals surface area contributed by atoms with E-state index in [0.717, 1.165) is 17.9 Å². The number of rotatable bonds is 4. The van der Waals surface area contributed by atoms with E-state index in [1.165, 1.54) is 37.4 Å². The second-order valence-corrected chi connectivity index (χ2v) is 5.35. The Labute approximate surface area is 105 Å². The van der Waals surface area contributed by atoms with E-state index in [4.69, 9.17) is 0 Å². The van der Waals surface area contributed by atoms with Gasteiger partial charge in [-0.15, -0.1) is 5.10 Å². The van der Waals surface area contributed by atoms with Gasteiger partial charge in [-0.3, -0.25) is 4.79 Å². The van der Waals surface area contributed by atoms with E-state index < -0.39 is 0 Å². The standard InChI is InChI=1S/C11H18N4OS/c16-10(8-17-11-7-12-15-14-11)13-9-5-3-1-2-4-6-9/h7,9H,1-6,8H2,(H,13,16)(H,12,14,15). The van der Waals surface area contributed by atoms with Crippen LogP contribution >= 0.6 is 11.8 Å². The lowest BCUT2D eigenvalue weighted by Gasteiger charge is -2.15. The van der Waals surface area contributed by atoms with Crippen molar-refractivity contribution < 1.29 is 4.79 Å². The minimum atomic E-state index is 0.102. The van der Waals surface area contributed by atoms with Crippen LogP contribution < -0.4 is 5.32 Å². The molecule has 1 heterocycles. The quantitative estimate of drug-likeness (QED) is 0.634. The van der Waals surface area contributed by atoms with Gasteiger partial charge in [-0.2, -0.15) is 10.3 Å². The topological polar surface area (TPSA) is 70.7 Å². The van der Waals surface area contributed by atoms with Crippen molar-refractivity contribution in [2.24, 2.45) is 0 Å². The van der Waals surface area contributed by atoms with Gasteiger partial charge in [-0.1, -0.05) is 37.4 Å². The van der Waals surface area contributed by atoms with Gasteiger partial charge in [-0.25, -0.2) is 0 Å². The van der Waals surface area contributed by atoms with Crippen LogP contribution in [0.5, 0.6) is 0 Å². The van der Waals surface area contributed by atoms with Crippen LogP contribution in [0.1, 0.15) is 38.5 Å². The summed E-state index contributed by atoms with van der Waals surface area (Å²) in [6, 6.07) is 0.378. The molecule has 6 heteroatoms. The number of nitrogens with one attached hydrogen (secondary N) is 2. The molecule has 0 atom stereocenters. The van der Waals surface area contributed by atoms with Crippen molar-refractivity contribution in [3.05, 3.63) is 6.20 Å². The average Bonchev–Trinajstić information content (AvgIpc) is 2.72. The molecule has 1 amide bonds. The molecule has 1 aromatic heterocycles. The van der Waals surface area contributed by atoms with Crippen LogP contribution in [-0.4, -0.2) is 33.1 Å². The first-order valence-corrected chi connectivity index (χ1v) is 7.11. The smallest absolute Gasteiger partial charge is 0.230 e. The molecule has 2 N–H and O–H groups in total. The molecule has 0 radical (unpaired) electrons. The molecule has 0 unspecified atom stereocenters. The summed E-state index contributed by atoms with van der Waals surface area (Å²) in [7, 11) is 0. The maximum atomic E-state index is 11.7. The first-order chi connectivity index (χ1) is 8.34. The second kappa shape index (κ2) is 6.64. The zero-order valence-electron chi connectivity index (χ0n) is 9.82. The predicted molar refractivity (Wildman–Crippen MR) is 66.7 cm³/mol. The zero-order chi connectivity index (χ0) is 11.9. The lowest BCUT2D eigenvalue weighted by atomic mass is 10.1. The summed E-state index contributed by atoms with van der Waals surface area (Å²) < 4.78 is 0. The molecule has 1 aromatic rings. The van der Waals surface area contributed by atoms with E-state index in [0.29, 0.717) is 11.8 Å². The Morgan fingerprint density at radius 2 is 2.18 bits per heavy atom. The number of amides is 1. The van der Waals surface area contributed by atoms with Crippen molar-refractivity contribution in [2.45, 2.75) is 49.6 Å². The van der Waals surface area contributed by atoms with Gasteiger partial charge in [0.1, 0.15) is 5.03 Å². The molecule has 17 heavy (non-hydrogen) atoms. The van der Waals surface area contributed by atoms with Crippen LogP contribution in [-0.2, 0) is 4.79 Å². The lowest BCUT2D eigenvalue weighted by molar-refractivity contribution is -0.119. The van der Waals surface area contributed by atoms with E-state index in [1.807, 2.05) is 0 Å². The van der Waals surface area contributed by atoms with E-state index >= 15 is 0 Å². The monoisotopic (exact) mass is 254 g/mol. The molecule has 0 saturated heterocycles. The molecule has 1 aliphatic rings. The molecule has 94 valence electrons. The molecule has 0 spiro atoms. The van der Waals surface area contributed by atoms with Gasteiger partial charge >= 0.3 is 0 Å². The highest BCUT2D eigenvalue weighted by Gasteiger charge is 2.14. The molecule has 1 fully saturated rings. The molecule has 1 aliphatic carbocycles. The number of carbonyl (C=O) groups excluding carboxylic acids is 1. The van der Waals surface area contributed by atoms with Crippen LogP contribution in [0.3, 0.4) is 0 Å². The van der Waals surface area contributed by atoms with Crippen LogP contribution in [0, 0.1) is 0 Å². The van der Waals surface area contributed by atoms with Crippen LogP contribution in [0.2, 0.25) is 0 Å². The average molecular weight is 254 g/mol. The number of thioether (sulfide) groups is 1. The first kappa shape index (κ1) is 12.4. The van der Waals surface area contributed by atoms with E-state index in [2.05, 4.69) is 20.7 Å². The summed E-state index contributed by atoms with van der Waals surface area (Å²) in [5.74, 6) is 0.521. The Kier molecular flexibility index (Phi) is 4.85. The molecule has 0 bridgehead atoms. The van der Waals surface area contributed by atoms with Gasteiger partial charge in [0.05, 0.1) is 11.9 Å². The van der Waals surface area contributed by atoms with Gasteiger partial charge in [0.15, 0.2) is 0 Å². The van der Waals surface area contributed by atoms with Gasteiger partial charge in [0, 0.05) is 6.04 Å². The minimum Gasteiger partial charge on any atom is -0.353 e. The van der Waals surface area contributed by atoms with E-state index in [1.54, 1.807) is 6.20 Å². The number of hydrogen-bond donors (Lipinski definition) is 2. The SMILES string of the molecule is O=C(CSc1cn[nH]n1)NC1CCCCCC1. The van der Waals surface area contributed by atoms with E-state index in [9.17, 15) is 4.79 Å². The molecule has 5 nitrogen and oxygen atoms in total. The summed E-state index contributed by atoms with van der Waals surface area (Å²) in [6.45, 7) is 0. The number of H-pyrrole nitrogens is 1. The van der Waals surface area contributed by atoms with Crippen molar-refractivity contribution >= 4 is 17.7 Å². The molecule has 0 aliphatic heterocycles. The fraction of sp³-hybridized carbons (Fsp3) is 0.727.